The zero-order valence-corrected chi connectivity index (χ0v) is 20.5. The van der Waals surface area contributed by atoms with E-state index in [9.17, 15) is 32.9 Å². The van der Waals surface area contributed by atoms with Crippen LogP contribution in [0.5, 0.6) is 0 Å². The van der Waals surface area contributed by atoms with Crippen molar-refractivity contribution in [3.63, 3.8) is 0 Å². The minimum Gasteiger partial charge on any atom is -0.449 e. The summed E-state index contributed by atoms with van der Waals surface area (Å²) in [5.74, 6) is -1.44. The highest BCUT2D eigenvalue weighted by Gasteiger charge is 2.33. The number of carbonyl (C=O) groups is 2. The van der Waals surface area contributed by atoms with E-state index in [0.717, 1.165) is 34.7 Å². The fourth-order valence-electron chi connectivity index (χ4n) is 3.55. The van der Waals surface area contributed by atoms with Crippen LogP contribution in [0.2, 0.25) is 0 Å². The molecule has 0 aromatic heterocycles. The second-order valence-corrected chi connectivity index (χ2v) is 9.22. The van der Waals surface area contributed by atoms with Crippen molar-refractivity contribution in [3.8, 4) is 0 Å². The summed E-state index contributed by atoms with van der Waals surface area (Å²) in [6.07, 6.45) is -5.94. The molecule has 4 aromatic carbocycles. The third kappa shape index (κ3) is 6.12. The molecule has 4 aromatic rings. The first-order valence-electron chi connectivity index (χ1n) is 11.2. The highest BCUT2D eigenvalue weighted by Crippen LogP contribution is 2.40. The number of fused-ring (bicyclic) bond motifs is 1. The molecule has 194 valence electrons. The minimum absolute atomic E-state index is 0.00273. The lowest BCUT2D eigenvalue weighted by Crippen LogP contribution is -2.30. The first kappa shape index (κ1) is 26.7. The van der Waals surface area contributed by atoms with Gasteiger partial charge in [0.25, 0.3) is 11.6 Å². The molecular weight excluding hydrogens is 521 g/mol. The van der Waals surface area contributed by atoms with Gasteiger partial charge in [0, 0.05) is 16.6 Å². The summed E-state index contributed by atoms with van der Waals surface area (Å²) in [6.45, 7) is 1.39. The number of ether oxygens (including phenoxy) is 1. The Morgan fingerprint density at radius 2 is 1.61 bits per heavy atom. The van der Waals surface area contributed by atoms with Gasteiger partial charge in [0.2, 0.25) is 0 Å². The fraction of sp³-hybridized carbons (Fsp3) is 0.111. The highest BCUT2D eigenvalue weighted by molar-refractivity contribution is 7.99. The average molecular weight is 541 g/mol. The van der Waals surface area contributed by atoms with E-state index in [-0.39, 0.29) is 15.4 Å². The van der Waals surface area contributed by atoms with Crippen molar-refractivity contribution >= 4 is 45.8 Å². The van der Waals surface area contributed by atoms with E-state index in [1.165, 1.54) is 25.1 Å². The number of esters is 1. The molecule has 0 radical (unpaired) electrons. The maximum Gasteiger partial charge on any atom is 0.416 e. The summed E-state index contributed by atoms with van der Waals surface area (Å²) in [5.41, 5.74) is -1.40. The molecule has 0 fully saturated rings. The van der Waals surface area contributed by atoms with Gasteiger partial charge in [0.05, 0.1) is 20.9 Å². The van der Waals surface area contributed by atoms with Crippen LogP contribution in [0.4, 0.5) is 24.5 Å². The molecule has 0 spiro atoms. The van der Waals surface area contributed by atoms with Crippen LogP contribution in [0.3, 0.4) is 0 Å². The average Bonchev–Trinajstić information content (AvgIpc) is 2.88. The Bertz CT molecular complexity index is 1540. The normalized spacial score (nSPS) is 12.1. The molecule has 4 rings (SSSR count). The van der Waals surface area contributed by atoms with Gasteiger partial charge in [-0.2, -0.15) is 13.2 Å². The molecule has 11 heteroatoms. The molecule has 0 heterocycles. The molecule has 1 amide bonds. The molecule has 0 aliphatic rings. The SMILES string of the molecule is C[C@H](OC(=O)c1ccccc1Sc1ccc(C(F)(F)F)cc1[N+](=O)[O-])C(=O)Nc1ccc2ccccc2c1. The number of halogens is 3. The fourth-order valence-corrected chi connectivity index (χ4v) is 4.57. The van der Waals surface area contributed by atoms with Gasteiger partial charge in [0.1, 0.15) is 0 Å². The number of nitro benzene ring substituents is 1. The lowest BCUT2D eigenvalue weighted by atomic mass is 10.1. The van der Waals surface area contributed by atoms with E-state index in [1.807, 2.05) is 30.3 Å². The van der Waals surface area contributed by atoms with E-state index in [0.29, 0.717) is 11.8 Å². The van der Waals surface area contributed by atoms with Crippen LogP contribution in [0.25, 0.3) is 10.8 Å². The molecule has 0 unspecified atom stereocenters. The second-order valence-electron chi connectivity index (χ2n) is 8.13. The van der Waals surface area contributed by atoms with Crippen LogP contribution in [-0.4, -0.2) is 22.9 Å². The van der Waals surface area contributed by atoms with Gasteiger partial charge in [-0.25, -0.2) is 4.79 Å². The van der Waals surface area contributed by atoms with Crippen molar-refractivity contribution in [1.29, 1.82) is 0 Å². The highest BCUT2D eigenvalue weighted by atomic mass is 32.2. The Kier molecular flexibility index (Phi) is 7.67. The Labute approximate surface area is 218 Å². The zero-order valence-electron chi connectivity index (χ0n) is 19.7. The Hall–Kier alpha value is -4.38. The molecule has 1 atom stereocenters. The van der Waals surface area contributed by atoms with Crippen LogP contribution >= 0.6 is 11.8 Å². The van der Waals surface area contributed by atoms with Crippen LogP contribution in [-0.2, 0) is 15.7 Å². The standard InChI is InChI=1S/C27H19F3N2O5S/c1-16(25(33)31-20-12-10-17-6-2-3-7-18(17)14-20)37-26(34)21-8-4-5-9-23(21)38-24-13-11-19(27(28,29)30)15-22(24)32(35)36/h2-16H,1H3,(H,31,33)/t16-/m0/s1. The Balaban J connectivity index is 1.50. The number of anilines is 1. The number of carbonyl (C=O) groups excluding carboxylic acids is 2. The van der Waals surface area contributed by atoms with E-state index in [2.05, 4.69) is 5.32 Å². The summed E-state index contributed by atoms with van der Waals surface area (Å²) in [5, 5.41) is 16.0. The van der Waals surface area contributed by atoms with E-state index in [1.54, 1.807) is 18.2 Å². The van der Waals surface area contributed by atoms with Crippen molar-refractivity contribution in [2.45, 2.75) is 29.0 Å². The maximum atomic E-state index is 13.0. The molecule has 7 nitrogen and oxygen atoms in total. The number of benzene rings is 4. The van der Waals surface area contributed by atoms with Gasteiger partial charge in [-0.05, 0) is 54.1 Å². The smallest absolute Gasteiger partial charge is 0.416 e. The molecule has 0 saturated carbocycles. The summed E-state index contributed by atoms with van der Waals surface area (Å²) in [6, 6.07) is 21.1. The van der Waals surface area contributed by atoms with Gasteiger partial charge in [0.15, 0.2) is 6.10 Å². The van der Waals surface area contributed by atoms with Gasteiger partial charge >= 0.3 is 12.1 Å². The molecule has 0 aliphatic carbocycles. The summed E-state index contributed by atoms with van der Waals surface area (Å²) in [7, 11) is 0. The monoisotopic (exact) mass is 540 g/mol. The Morgan fingerprint density at radius 1 is 0.921 bits per heavy atom. The zero-order chi connectivity index (χ0) is 27.4. The van der Waals surface area contributed by atoms with Crippen molar-refractivity contribution in [3.05, 3.63) is 106 Å². The summed E-state index contributed by atoms with van der Waals surface area (Å²) in [4.78, 5) is 36.2. The van der Waals surface area contributed by atoms with Crippen molar-refractivity contribution < 1.29 is 32.4 Å². The van der Waals surface area contributed by atoms with Gasteiger partial charge in [-0.15, -0.1) is 0 Å². The number of hydrogen-bond acceptors (Lipinski definition) is 6. The number of alkyl halides is 3. The third-order valence-electron chi connectivity index (χ3n) is 5.48. The number of nitrogens with zero attached hydrogens (tertiary/aromatic N) is 1. The number of nitrogens with one attached hydrogen (secondary N) is 1. The third-order valence-corrected chi connectivity index (χ3v) is 6.62. The lowest BCUT2D eigenvalue weighted by Gasteiger charge is -2.15. The van der Waals surface area contributed by atoms with Crippen LogP contribution in [0.1, 0.15) is 22.8 Å². The molecule has 0 saturated heterocycles. The number of rotatable bonds is 7. The molecule has 0 aliphatic heterocycles. The van der Waals surface area contributed by atoms with Gasteiger partial charge in [-0.1, -0.05) is 54.2 Å². The number of hydrogen-bond donors (Lipinski definition) is 1. The first-order chi connectivity index (χ1) is 18.0. The van der Waals surface area contributed by atoms with E-state index < -0.39 is 40.3 Å². The number of nitro groups is 1. The largest absolute Gasteiger partial charge is 0.449 e. The minimum atomic E-state index is -4.75. The van der Waals surface area contributed by atoms with E-state index in [4.69, 9.17) is 4.74 Å². The summed E-state index contributed by atoms with van der Waals surface area (Å²) < 4.78 is 44.4. The number of amides is 1. The summed E-state index contributed by atoms with van der Waals surface area (Å²) >= 11 is 0.746. The van der Waals surface area contributed by atoms with Crippen molar-refractivity contribution in [2.75, 3.05) is 5.32 Å². The Morgan fingerprint density at radius 3 is 2.32 bits per heavy atom. The van der Waals surface area contributed by atoms with E-state index >= 15 is 0 Å². The van der Waals surface area contributed by atoms with Gasteiger partial charge < -0.3 is 10.1 Å². The van der Waals surface area contributed by atoms with Crippen molar-refractivity contribution in [2.24, 2.45) is 0 Å². The predicted octanol–water partition coefficient (Wildman–Crippen LogP) is 7.10. The quantitative estimate of drug-likeness (QED) is 0.153. The first-order valence-corrected chi connectivity index (χ1v) is 12.0. The lowest BCUT2D eigenvalue weighted by molar-refractivity contribution is -0.388. The van der Waals surface area contributed by atoms with Crippen molar-refractivity contribution in [1.82, 2.24) is 0 Å². The molecule has 0 bridgehead atoms. The molecular formula is C27H19F3N2O5S. The maximum absolute atomic E-state index is 13.0. The van der Waals surface area contributed by atoms with Gasteiger partial charge in [-0.3, -0.25) is 14.9 Å². The van der Waals surface area contributed by atoms with Crippen LogP contribution < -0.4 is 5.32 Å². The second kappa shape index (κ2) is 10.9. The predicted molar refractivity (Wildman–Crippen MR) is 136 cm³/mol. The van der Waals surface area contributed by atoms with Crippen LogP contribution in [0, 0.1) is 10.1 Å². The topological polar surface area (TPSA) is 98.5 Å². The molecule has 1 N–H and O–H groups in total. The molecule has 38 heavy (non-hydrogen) atoms. The van der Waals surface area contributed by atoms with Crippen LogP contribution in [0.15, 0.2) is 94.7 Å².